The molecule has 25 heteroatoms. The number of ether oxygens (including phenoxy) is 4. The quantitative estimate of drug-likeness (QED) is 0.0602. The lowest BCUT2D eigenvalue weighted by atomic mass is 10.1. The van der Waals surface area contributed by atoms with Crippen molar-refractivity contribution in [2.45, 2.75) is 182 Å². The summed E-state index contributed by atoms with van der Waals surface area (Å²) < 4.78 is 67.8. The number of amides is 4. The third kappa shape index (κ3) is 30.5. The van der Waals surface area contributed by atoms with E-state index in [-0.39, 0.29) is 106 Å². The van der Waals surface area contributed by atoms with E-state index in [1.54, 1.807) is 51.4 Å². The molecule has 442 valence electrons. The maximum absolute atomic E-state index is 13.7. The van der Waals surface area contributed by atoms with Crippen LogP contribution in [0.2, 0.25) is 46.3 Å². The number of nitrogens with zero attached hydrogens (tertiary/aromatic N) is 2. The van der Waals surface area contributed by atoms with Gasteiger partial charge in [-0.25, -0.2) is 18.4 Å². The van der Waals surface area contributed by atoms with Gasteiger partial charge in [0.05, 0.1) is 69.7 Å². The molecule has 0 saturated carbocycles. The minimum absolute atomic E-state index is 0. The van der Waals surface area contributed by atoms with Gasteiger partial charge >= 0.3 is 13.3 Å². The summed E-state index contributed by atoms with van der Waals surface area (Å²) in [4.78, 5) is 28.7. The van der Waals surface area contributed by atoms with Crippen LogP contribution in [0.25, 0.3) is 0 Å². The SMILES string of the molecule is C.C.CN(C(=O)NCc1cccc(F)c1Cl)[C@H](CO[Si](C)(C)C(C)(C)C)C[C@@H](O)CO.CN(C(=O)NCc1cccc(F)c1Cl)[C@H](CO[Si](C)(C)C(C)(C)C)C[C@@H]1COC(C)(C)O1.COC(C)(C)OC.S.S.[3H][P+](P)=S. The summed E-state index contributed by atoms with van der Waals surface area (Å²) in [5, 5.41) is 24.7. The molecule has 4 N–H and O–H groups in total. The zero-order valence-corrected chi connectivity index (χ0v) is 54.8. The normalized spacial score (nSPS) is 15.7. The first kappa shape index (κ1) is 80.7. The Kier molecular flexibility index (Phi) is 40.9. The number of methoxy groups -OCH3 is 2. The van der Waals surface area contributed by atoms with E-state index in [9.17, 15) is 28.6 Å². The number of hydrogen-bond acceptors (Lipinski definition) is 11. The lowest BCUT2D eigenvalue weighted by Gasteiger charge is -2.39. The summed E-state index contributed by atoms with van der Waals surface area (Å²) in [6.45, 7) is 29.0. The minimum atomic E-state index is -2.06. The molecular formula is C50H99Cl2F2N4O10P2S3Si2+. The van der Waals surface area contributed by atoms with E-state index in [4.69, 9.17) is 52.3 Å². The van der Waals surface area contributed by atoms with Crippen molar-refractivity contribution in [1.82, 2.24) is 20.4 Å². The molecule has 14 nitrogen and oxygen atoms in total. The van der Waals surface area contributed by atoms with Crippen molar-refractivity contribution < 1.29 is 56.4 Å². The number of likely N-dealkylation sites (N-methyl/N-ethyl adjacent to an activating group) is 2. The Hall–Kier alpha value is -0.816. The second kappa shape index (κ2) is 38.0. The van der Waals surface area contributed by atoms with E-state index in [1.807, 2.05) is 27.7 Å². The summed E-state index contributed by atoms with van der Waals surface area (Å²) in [5.41, 5.74) is 0.995. The highest BCUT2D eigenvalue weighted by atomic mass is 35.5. The smallest absolute Gasteiger partial charge is 0.355 e. The average molecular weight is 1240 g/mol. The molecule has 4 amide bonds. The van der Waals surface area contributed by atoms with Gasteiger partial charge in [0.1, 0.15) is 11.6 Å². The fourth-order valence-corrected chi connectivity index (χ4v) is 8.14. The summed E-state index contributed by atoms with van der Waals surface area (Å²) in [6, 6.07) is 7.63. The number of carbonyl (C=O) groups is 2. The van der Waals surface area contributed by atoms with Gasteiger partial charge in [-0.3, -0.25) is 0 Å². The molecule has 6 atom stereocenters. The molecular weight excluding hydrogens is 1140 g/mol. The van der Waals surface area contributed by atoms with Gasteiger partial charge in [-0.1, -0.05) is 104 Å². The van der Waals surface area contributed by atoms with Gasteiger partial charge in [0, 0.05) is 41.4 Å². The number of carbonyl (C=O) groups excluding carboxylic acids is 2. The fourth-order valence-electron chi connectivity index (χ4n) is 5.67. The van der Waals surface area contributed by atoms with Gasteiger partial charge in [-0.2, -0.15) is 27.0 Å². The first-order valence-electron chi connectivity index (χ1n) is 23.8. The predicted octanol–water partition coefficient (Wildman–Crippen LogP) is 12.7. The van der Waals surface area contributed by atoms with Crippen LogP contribution >= 0.6 is 66.1 Å². The third-order valence-corrected chi connectivity index (χ3v) is 22.7. The highest BCUT2D eigenvalue weighted by Gasteiger charge is 2.41. The molecule has 1 fully saturated rings. The number of hydrogen-bond donors (Lipinski definition) is 4. The summed E-state index contributed by atoms with van der Waals surface area (Å²) in [5.74, 6) is -2.10. The molecule has 0 aromatic heterocycles. The number of rotatable bonds is 19. The van der Waals surface area contributed by atoms with E-state index in [0.717, 1.165) is 0 Å². The molecule has 3 rings (SSSR count). The second-order valence-electron chi connectivity index (χ2n) is 21.1. The van der Waals surface area contributed by atoms with Crippen LogP contribution in [0.3, 0.4) is 0 Å². The Balaban J connectivity index is -0.000000354. The van der Waals surface area contributed by atoms with Crippen molar-refractivity contribution in [2.75, 3.05) is 54.7 Å². The van der Waals surface area contributed by atoms with Crippen molar-refractivity contribution in [3.05, 3.63) is 69.2 Å². The van der Waals surface area contributed by atoms with Crippen molar-refractivity contribution >= 4 is 107 Å². The van der Waals surface area contributed by atoms with E-state index >= 15 is 0 Å². The van der Waals surface area contributed by atoms with Gasteiger partial charge in [0.2, 0.25) is 0 Å². The van der Waals surface area contributed by atoms with Crippen LogP contribution in [0, 0.1) is 11.6 Å². The predicted molar refractivity (Wildman–Crippen MR) is 332 cm³/mol. The number of nitrogens with one attached hydrogen (secondary N) is 2. The van der Waals surface area contributed by atoms with Crippen LogP contribution in [0.15, 0.2) is 36.4 Å². The Morgan fingerprint density at radius 2 is 1.21 bits per heavy atom. The maximum atomic E-state index is 13.7. The lowest BCUT2D eigenvalue weighted by Crippen LogP contribution is -2.50. The molecule has 1 heterocycles. The van der Waals surface area contributed by atoms with Gasteiger partial charge in [0.25, 0.3) is 0 Å². The van der Waals surface area contributed by atoms with Gasteiger partial charge in [0.15, 0.2) is 47.0 Å². The largest absolute Gasteiger partial charge is 0.415 e. The first-order chi connectivity index (χ1) is 32.8. The van der Waals surface area contributed by atoms with Crippen LogP contribution in [0.4, 0.5) is 18.4 Å². The summed E-state index contributed by atoms with van der Waals surface area (Å²) in [7, 11) is 4.71. The Morgan fingerprint density at radius 1 is 0.853 bits per heavy atom. The van der Waals surface area contributed by atoms with Crippen molar-refractivity contribution in [1.29, 1.82) is 1.28 Å². The Bertz CT molecular complexity index is 2000. The number of urea groups is 2. The van der Waals surface area contributed by atoms with E-state index < -0.39 is 71.6 Å². The number of aliphatic hydroxyl groups is 2. The Labute approximate surface area is 487 Å². The van der Waals surface area contributed by atoms with E-state index in [1.165, 1.54) is 23.1 Å². The molecule has 2 aromatic carbocycles. The van der Waals surface area contributed by atoms with Crippen LogP contribution in [0.5, 0.6) is 0 Å². The molecule has 1 aliphatic heterocycles. The molecule has 1 saturated heterocycles. The molecule has 0 bridgehead atoms. The number of halogens is 4. The molecule has 2 unspecified atom stereocenters. The summed E-state index contributed by atoms with van der Waals surface area (Å²) in [6.07, 6.45) is -0.333. The molecule has 75 heavy (non-hydrogen) atoms. The van der Waals surface area contributed by atoms with Gasteiger partial charge < -0.3 is 58.4 Å². The van der Waals surface area contributed by atoms with Crippen molar-refractivity contribution in [2.24, 2.45) is 0 Å². The fraction of sp³-hybridized carbons (Fsp3) is 0.720. The topological polar surface area (TPSA) is 161 Å². The zero-order chi connectivity index (χ0) is 56.2. The van der Waals surface area contributed by atoms with Gasteiger partial charge in [-0.15, -0.1) is 0 Å². The second-order valence-corrected chi connectivity index (χ2v) is 34.2. The highest BCUT2D eigenvalue weighted by Crippen LogP contribution is 2.38. The maximum Gasteiger partial charge on any atom is 0.355 e. The van der Waals surface area contributed by atoms with Crippen molar-refractivity contribution in [3.8, 4) is 0 Å². The van der Waals surface area contributed by atoms with Crippen LogP contribution in [-0.2, 0) is 52.7 Å². The highest BCUT2D eigenvalue weighted by molar-refractivity contribution is 8.24. The van der Waals surface area contributed by atoms with Crippen molar-refractivity contribution in [3.63, 3.8) is 0 Å². The zero-order valence-electron chi connectivity index (χ0n) is 47.4. The van der Waals surface area contributed by atoms with Crippen LogP contribution in [0.1, 0.15) is 108 Å². The number of aliphatic hydroxyl groups excluding tert-OH is 2. The molecule has 0 spiro atoms. The molecule has 2 aromatic rings. The minimum Gasteiger partial charge on any atom is -0.415 e. The van der Waals surface area contributed by atoms with E-state index in [2.05, 4.69) is 99.1 Å². The summed E-state index contributed by atoms with van der Waals surface area (Å²) >= 11 is 16.3. The standard InChI is InChI=1S/C23H38ClFN2O4Si.C20H34ClFN2O4Si.C5H12O2.2CH4.H2P2S.2H2S/c1-22(2,3)32(7,8)30-14-17(12-18-15-29-23(4,5)31-18)27(6)21(28)26-13-16-10-9-11-19(25)20(16)24;1-20(2,3)29(5,6)28-13-15(10-16(26)12-25)24(4)19(27)23-11-14-8-7-9-17(22)18(14)21;1-5(2,6-3)7-4;;;1-2-3;;/h9-11,17-18H,12-15H2,1-8H3,(H,26,28);7-9,15-16,25-26H,10-13H2,1-6H3,(H,23,27);1-4H3;2*1H4;1H2;2*1H2/p+1/t17-,18+;15-,16+;;;;;;/m00....../s1/i/hT. The Morgan fingerprint density at radius 3 is 1.52 bits per heavy atom. The first-order valence-corrected chi connectivity index (χ1v) is 33.4. The van der Waals surface area contributed by atoms with Gasteiger partial charge in [-0.05, 0) is 100 Å². The third-order valence-electron chi connectivity index (χ3n) is 12.9. The molecule has 0 radical (unpaired) electrons. The molecule has 1 aliphatic rings. The van der Waals surface area contributed by atoms with Crippen LogP contribution in [-0.4, -0.2) is 141 Å². The lowest BCUT2D eigenvalue weighted by molar-refractivity contribution is -0.178. The average Bonchev–Trinajstić information content (AvgIpc) is 3.63. The monoisotopic (exact) mass is 1240 g/mol. The van der Waals surface area contributed by atoms with E-state index in [0.29, 0.717) is 30.8 Å². The molecule has 0 aliphatic carbocycles. The number of benzene rings is 2. The van der Waals surface area contributed by atoms with Crippen LogP contribution < -0.4 is 10.6 Å².